The minimum Gasteiger partial charge on any atom is -0.343 e. The Morgan fingerprint density at radius 1 is 0.386 bits per heavy atom. The zero-order valence-electron chi connectivity index (χ0n) is 28.0. The van der Waals surface area contributed by atoms with Gasteiger partial charge in [-0.1, -0.05) is 53.4 Å². The van der Waals surface area contributed by atoms with E-state index in [0.29, 0.717) is 78.0 Å². The van der Waals surface area contributed by atoms with Gasteiger partial charge in [-0.2, -0.15) is 0 Å². The molecule has 4 N–H and O–H groups in total. The normalized spacial score (nSPS) is 23.1. The second kappa shape index (κ2) is 21.5. The van der Waals surface area contributed by atoms with E-state index >= 15 is 0 Å². The van der Waals surface area contributed by atoms with Gasteiger partial charge in [-0.05, 0) is 25.7 Å². The number of unbranched alkanes of at least 4 members (excludes halogenated alkanes) is 4. The summed E-state index contributed by atoms with van der Waals surface area (Å²) in [7, 11) is -13.7. The van der Waals surface area contributed by atoms with Crippen molar-refractivity contribution in [2.75, 3.05) is 102 Å². The molecule has 1 aliphatic rings. The Morgan fingerprint density at radius 3 is 0.682 bits per heavy atom. The van der Waals surface area contributed by atoms with Gasteiger partial charge in [0.25, 0.3) is 0 Å². The summed E-state index contributed by atoms with van der Waals surface area (Å²) in [4.78, 5) is 50.7. The Hall–Kier alpha value is 0.600. The van der Waals surface area contributed by atoms with Crippen LogP contribution in [0, 0.1) is 0 Å². The summed E-state index contributed by atoms with van der Waals surface area (Å²) in [6, 6.07) is 0. The Kier molecular flexibility index (Phi) is 20.9. The van der Waals surface area contributed by atoms with Crippen LogP contribution in [0.1, 0.15) is 79.1 Å². The van der Waals surface area contributed by atoms with Crippen molar-refractivity contribution < 1.29 is 37.8 Å². The van der Waals surface area contributed by atoms with Gasteiger partial charge in [0.1, 0.15) is 0 Å². The maximum Gasteiger partial charge on any atom is 0.214 e. The minimum atomic E-state index is -3.44. The van der Waals surface area contributed by atoms with Crippen molar-refractivity contribution in [3.8, 4) is 0 Å². The molecule has 4 atom stereocenters. The van der Waals surface area contributed by atoms with Crippen molar-refractivity contribution >= 4 is 29.5 Å². The summed E-state index contributed by atoms with van der Waals surface area (Å²) in [5, 5.41) is 0. The Bertz CT molecular complexity index is 823. The average molecular weight is 709 g/mol. The quantitative estimate of drug-likeness (QED) is 0.121. The van der Waals surface area contributed by atoms with E-state index in [2.05, 4.69) is 0 Å². The molecule has 264 valence electrons. The highest BCUT2D eigenvalue weighted by molar-refractivity contribution is 7.58. The van der Waals surface area contributed by atoms with E-state index in [-0.39, 0.29) is 49.8 Å². The zero-order valence-corrected chi connectivity index (χ0v) is 31.5. The lowest BCUT2D eigenvalue weighted by atomic mass is 10.4. The van der Waals surface area contributed by atoms with E-state index < -0.39 is 29.5 Å². The van der Waals surface area contributed by atoms with Crippen LogP contribution in [0.3, 0.4) is 0 Å². The smallest absolute Gasteiger partial charge is 0.214 e. The molecule has 0 radical (unpaired) electrons. The third kappa shape index (κ3) is 20.1. The lowest BCUT2D eigenvalue weighted by Gasteiger charge is -2.36. The summed E-state index contributed by atoms with van der Waals surface area (Å²) in [5.74, 6) is 0. The fourth-order valence-electron chi connectivity index (χ4n) is 5.30. The maximum atomic E-state index is 13.1. The van der Waals surface area contributed by atoms with Crippen molar-refractivity contribution in [1.82, 2.24) is 19.6 Å². The molecule has 44 heavy (non-hydrogen) atoms. The molecule has 0 spiro atoms. The molecular formula is C28H64N4O8P4. The molecule has 0 saturated carbocycles. The van der Waals surface area contributed by atoms with Gasteiger partial charge in [-0.3, -0.25) is 37.9 Å². The monoisotopic (exact) mass is 708 g/mol. The molecule has 0 aromatic carbocycles. The molecule has 0 aliphatic carbocycles. The molecule has 0 aromatic rings. The first kappa shape index (κ1) is 42.6. The molecule has 1 aliphatic heterocycles. The van der Waals surface area contributed by atoms with E-state index in [0.717, 1.165) is 25.7 Å². The molecule has 0 aromatic heterocycles. The van der Waals surface area contributed by atoms with Crippen LogP contribution in [0.15, 0.2) is 0 Å². The van der Waals surface area contributed by atoms with Crippen molar-refractivity contribution in [1.29, 1.82) is 0 Å². The van der Waals surface area contributed by atoms with Crippen molar-refractivity contribution in [3.05, 3.63) is 0 Å². The minimum absolute atomic E-state index is 0.00513. The van der Waals surface area contributed by atoms with Gasteiger partial charge in [0, 0.05) is 77.0 Å². The number of rotatable bonds is 20. The van der Waals surface area contributed by atoms with Crippen LogP contribution >= 0.6 is 29.5 Å². The van der Waals surface area contributed by atoms with Gasteiger partial charge < -0.3 is 19.6 Å². The number of nitrogens with zero attached hydrogens (tertiary/aromatic N) is 4. The van der Waals surface area contributed by atoms with Gasteiger partial charge in [-0.15, -0.1) is 0 Å². The fourth-order valence-corrected chi connectivity index (χ4v) is 12.7. The SMILES string of the molecule is CCCCP(=O)(O)CN1CCN(CP(=O)(O)CCCC)CCN(CP(=O)(O)CCCC)CCN(CP(=O)(O)CCCC)CC1. The molecule has 0 amide bonds. The topological polar surface area (TPSA) is 162 Å². The van der Waals surface area contributed by atoms with Gasteiger partial charge in [0.2, 0.25) is 29.5 Å². The fraction of sp³-hybridized carbons (Fsp3) is 1.00. The summed E-state index contributed by atoms with van der Waals surface area (Å²) in [5.41, 5.74) is 0. The molecule has 4 unspecified atom stereocenters. The predicted molar refractivity (Wildman–Crippen MR) is 184 cm³/mol. The first-order chi connectivity index (χ1) is 20.6. The molecule has 16 heteroatoms. The third-order valence-corrected chi connectivity index (χ3v) is 15.5. The van der Waals surface area contributed by atoms with Gasteiger partial charge in [-0.25, -0.2) is 0 Å². The summed E-state index contributed by atoms with van der Waals surface area (Å²) in [6.07, 6.45) is 6.80. The van der Waals surface area contributed by atoms with E-state index in [1.54, 1.807) is 0 Å². The maximum absolute atomic E-state index is 13.1. The van der Waals surface area contributed by atoms with Crippen molar-refractivity contribution in [2.24, 2.45) is 0 Å². The second-order valence-electron chi connectivity index (χ2n) is 12.7. The third-order valence-electron chi connectivity index (χ3n) is 8.06. The molecular weight excluding hydrogens is 644 g/mol. The predicted octanol–water partition coefficient (Wildman–Crippen LogP) is 5.32. The zero-order chi connectivity index (χ0) is 33.3. The lowest BCUT2D eigenvalue weighted by Crippen LogP contribution is -2.46. The molecule has 1 heterocycles. The van der Waals surface area contributed by atoms with E-state index in [4.69, 9.17) is 0 Å². The molecule has 1 saturated heterocycles. The van der Waals surface area contributed by atoms with E-state index in [1.165, 1.54) is 0 Å². The van der Waals surface area contributed by atoms with Crippen LogP contribution in [0.5, 0.6) is 0 Å². The van der Waals surface area contributed by atoms with Crippen LogP contribution < -0.4 is 0 Å². The average Bonchev–Trinajstić information content (AvgIpc) is 2.94. The standard InChI is InChI=1S/C28H64N4O8P4/c1-5-9-21-41(33,34)25-29-13-15-30(26-42(35,36)22-10-6-2)17-19-32(28-44(39,40)24-12-8-4)20-18-31(16-14-29)27-43(37,38)23-11-7-3/h5-28H2,1-4H3,(H,33,34)(H,35,36)(H,37,38)(H,39,40). The van der Waals surface area contributed by atoms with Gasteiger partial charge >= 0.3 is 0 Å². The van der Waals surface area contributed by atoms with Crippen LogP contribution in [0.25, 0.3) is 0 Å². The number of hydrogen-bond acceptors (Lipinski definition) is 8. The summed E-state index contributed by atoms with van der Waals surface area (Å²) >= 11 is 0. The second-order valence-corrected chi connectivity index (χ2v) is 22.4. The van der Waals surface area contributed by atoms with Crippen molar-refractivity contribution in [3.63, 3.8) is 0 Å². The largest absolute Gasteiger partial charge is 0.343 e. The van der Waals surface area contributed by atoms with Crippen LogP contribution in [-0.2, 0) is 18.3 Å². The highest BCUT2D eigenvalue weighted by Gasteiger charge is 2.29. The van der Waals surface area contributed by atoms with Crippen molar-refractivity contribution in [2.45, 2.75) is 79.1 Å². The Labute approximate surface area is 267 Å². The molecule has 1 fully saturated rings. The summed E-state index contributed by atoms with van der Waals surface area (Å²) in [6.45, 7) is 11.1. The Morgan fingerprint density at radius 2 is 0.545 bits per heavy atom. The van der Waals surface area contributed by atoms with Gasteiger partial charge in [0.05, 0.1) is 25.1 Å². The van der Waals surface area contributed by atoms with E-state index in [9.17, 15) is 37.8 Å². The molecule has 1 rings (SSSR count). The van der Waals surface area contributed by atoms with Crippen LogP contribution in [0.4, 0.5) is 0 Å². The summed E-state index contributed by atoms with van der Waals surface area (Å²) < 4.78 is 52.3. The molecule has 12 nitrogen and oxygen atoms in total. The number of hydrogen-bond donors (Lipinski definition) is 4. The van der Waals surface area contributed by atoms with Crippen LogP contribution in [-0.4, -0.2) is 141 Å². The van der Waals surface area contributed by atoms with Gasteiger partial charge in [0.15, 0.2) is 0 Å². The highest BCUT2D eigenvalue weighted by atomic mass is 31.2. The Balaban J connectivity index is 3.30. The molecule has 0 bridgehead atoms. The lowest BCUT2D eigenvalue weighted by molar-refractivity contribution is 0.158. The first-order valence-electron chi connectivity index (χ1n) is 16.7. The highest BCUT2D eigenvalue weighted by Crippen LogP contribution is 2.45. The first-order valence-corrected chi connectivity index (χ1v) is 24.8. The van der Waals surface area contributed by atoms with E-state index in [1.807, 2.05) is 47.3 Å². The van der Waals surface area contributed by atoms with Crippen LogP contribution in [0.2, 0.25) is 0 Å².